The van der Waals surface area contributed by atoms with Crippen molar-refractivity contribution in [3.8, 4) is 28.6 Å². The number of benzene rings is 3. The van der Waals surface area contributed by atoms with Gasteiger partial charge < -0.3 is 44.2 Å². The van der Waals surface area contributed by atoms with E-state index in [4.69, 9.17) is 30.3 Å². The predicted molar refractivity (Wildman–Crippen MR) is 268 cm³/mol. The number of hydrogen-bond acceptors (Lipinski definition) is 12. The lowest BCUT2D eigenvalue weighted by atomic mass is 9.92. The van der Waals surface area contributed by atoms with Crippen molar-refractivity contribution < 1.29 is 43.6 Å². The molecule has 2 unspecified atom stereocenters. The van der Waals surface area contributed by atoms with E-state index >= 15 is 0 Å². The largest absolute Gasteiger partial charge is 0.508 e. The highest BCUT2D eigenvalue weighted by Gasteiger charge is 2.39. The molecule has 3 aromatic heterocycles. The number of carbonyl (C=O) groups excluding carboxylic acids is 4. The van der Waals surface area contributed by atoms with Crippen LogP contribution in [0.4, 0.5) is 15.3 Å². The third-order valence-corrected chi connectivity index (χ3v) is 15.0. The van der Waals surface area contributed by atoms with Gasteiger partial charge in [-0.05, 0) is 123 Å². The second-order valence-electron chi connectivity index (χ2n) is 19.5. The summed E-state index contributed by atoms with van der Waals surface area (Å²) in [6, 6.07) is 15.6. The molecule has 10 rings (SSSR count). The summed E-state index contributed by atoms with van der Waals surface area (Å²) in [5.41, 5.74) is 12.1. The number of anilines is 1. The maximum Gasteiger partial charge on any atom is 0.415 e. The van der Waals surface area contributed by atoms with Crippen molar-refractivity contribution in [3.05, 3.63) is 111 Å². The number of nitrogens with zero attached hydrogens (tertiary/aromatic N) is 6. The van der Waals surface area contributed by atoms with E-state index in [-0.39, 0.29) is 46.9 Å². The summed E-state index contributed by atoms with van der Waals surface area (Å²) in [6.45, 7) is 8.27. The molecule has 0 spiro atoms. The lowest BCUT2D eigenvalue weighted by Gasteiger charge is -2.39. The fraction of sp³-hybridized carbons (Fsp3) is 0.389. The molecule has 18 nitrogen and oxygen atoms in total. The summed E-state index contributed by atoms with van der Waals surface area (Å²) in [4.78, 5) is 76.6. The number of primary amides is 1. The van der Waals surface area contributed by atoms with Gasteiger partial charge in [-0.1, -0.05) is 20.8 Å². The number of aromatic nitrogens is 3. The third kappa shape index (κ3) is 8.46. The molecule has 0 saturated carbocycles. The van der Waals surface area contributed by atoms with Gasteiger partial charge in [0.15, 0.2) is 6.10 Å². The maximum atomic E-state index is 14.2. The van der Waals surface area contributed by atoms with Crippen molar-refractivity contribution in [1.82, 2.24) is 23.9 Å². The Morgan fingerprint density at radius 1 is 0.958 bits per heavy atom. The van der Waals surface area contributed by atoms with Gasteiger partial charge in [0.2, 0.25) is 5.91 Å². The van der Waals surface area contributed by atoms with Crippen molar-refractivity contribution in [2.45, 2.75) is 103 Å². The number of pyridine rings is 2. The van der Waals surface area contributed by atoms with Crippen LogP contribution in [0.25, 0.3) is 33.2 Å². The number of urea groups is 1. The molecule has 3 aromatic carbocycles. The molecule has 0 bridgehead atoms. The molecule has 6 aromatic rings. The predicted octanol–water partition coefficient (Wildman–Crippen LogP) is 7.81. The van der Waals surface area contributed by atoms with E-state index in [1.807, 2.05) is 56.1 Å². The zero-order valence-electron chi connectivity index (χ0n) is 40.8. The van der Waals surface area contributed by atoms with Crippen molar-refractivity contribution in [1.29, 1.82) is 5.41 Å². The lowest BCUT2D eigenvalue weighted by Crippen LogP contribution is -2.55. The third-order valence-electron chi connectivity index (χ3n) is 15.0. The molecule has 72 heavy (non-hydrogen) atoms. The molecule has 2 atom stereocenters. The molecule has 4 aliphatic heterocycles. The lowest BCUT2D eigenvalue weighted by molar-refractivity contribution is -0.159. The Labute approximate surface area is 415 Å². The first-order valence-corrected chi connectivity index (χ1v) is 24.7. The summed E-state index contributed by atoms with van der Waals surface area (Å²) in [5.74, 6) is -0.749. The number of ether oxygens (including phenoxy) is 3. The van der Waals surface area contributed by atoms with Gasteiger partial charge in [-0.25, -0.2) is 24.3 Å². The number of cyclic esters (lactones) is 1. The SMILES string of the molecule is CCc1c2c(nc3ccc(OC(=O)N4CCCCC4C(=O)N4CCC(CCn5ccc6cc(N(C(=N)c7cc(C(C)C)c(O)cc7O)C(N)=O)ccc65)CC4)cc13)-c1cc3c(c(=O)n1C2)COC(=O)C3OC. The van der Waals surface area contributed by atoms with Crippen molar-refractivity contribution in [2.75, 3.05) is 31.6 Å². The van der Waals surface area contributed by atoms with E-state index in [0.717, 1.165) is 71.0 Å². The van der Waals surface area contributed by atoms with Crippen molar-refractivity contribution in [3.63, 3.8) is 0 Å². The van der Waals surface area contributed by atoms with Gasteiger partial charge in [-0.2, -0.15) is 0 Å². The van der Waals surface area contributed by atoms with E-state index in [1.54, 1.807) is 33.7 Å². The van der Waals surface area contributed by atoms with Crippen LogP contribution in [0.5, 0.6) is 17.2 Å². The first-order valence-electron chi connectivity index (χ1n) is 24.7. The molecule has 0 aliphatic carbocycles. The number of fused-ring (bicyclic) bond motifs is 6. The average Bonchev–Trinajstić information content (AvgIpc) is 3.95. The van der Waals surface area contributed by atoms with Crippen molar-refractivity contribution in [2.24, 2.45) is 11.7 Å². The first kappa shape index (κ1) is 47.9. The van der Waals surface area contributed by atoms with Gasteiger partial charge in [0, 0.05) is 73.0 Å². The van der Waals surface area contributed by atoms with Gasteiger partial charge in [0.25, 0.3) is 5.56 Å². The monoisotopic (exact) mass is 978 g/mol. The molecule has 0 radical (unpaired) electrons. The summed E-state index contributed by atoms with van der Waals surface area (Å²) in [7, 11) is 1.41. The highest BCUT2D eigenvalue weighted by Crippen LogP contribution is 2.40. The van der Waals surface area contributed by atoms with E-state index in [0.29, 0.717) is 90.0 Å². The Kier molecular flexibility index (Phi) is 12.7. The summed E-state index contributed by atoms with van der Waals surface area (Å²) < 4.78 is 20.5. The number of amides is 4. The molecule has 7 heterocycles. The summed E-state index contributed by atoms with van der Waals surface area (Å²) in [5, 5.41) is 31.5. The Bertz CT molecular complexity index is 3280. The average molecular weight is 979 g/mol. The van der Waals surface area contributed by atoms with Gasteiger partial charge >= 0.3 is 18.1 Å². The summed E-state index contributed by atoms with van der Waals surface area (Å²) >= 11 is 0. The molecular formula is C54H58N8O10. The molecule has 18 heteroatoms. The Hall–Kier alpha value is -7.73. The van der Waals surface area contributed by atoms with Crippen LogP contribution in [0.2, 0.25) is 0 Å². The van der Waals surface area contributed by atoms with Crippen LogP contribution >= 0.6 is 0 Å². The number of nitrogens with one attached hydrogen (secondary N) is 1. The Balaban J connectivity index is 0.773. The molecule has 5 N–H and O–H groups in total. The normalized spacial score (nSPS) is 17.7. The number of esters is 1. The molecule has 4 amide bonds. The number of aryl methyl sites for hydroxylation is 2. The second-order valence-corrected chi connectivity index (χ2v) is 19.5. The van der Waals surface area contributed by atoms with E-state index in [9.17, 15) is 34.2 Å². The number of likely N-dealkylation sites (tertiary alicyclic amines) is 2. The van der Waals surface area contributed by atoms with E-state index < -0.39 is 30.2 Å². The van der Waals surface area contributed by atoms with Crippen LogP contribution < -0.4 is 20.9 Å². The molecule has 2 fully saturated rings. The zero-order valence-corrected chi connectivity index (χ0v) is 40.8. The Morgan fingerprint density at radius 3 is 2.49 bits per heavy atom. The smallest absolute Gasteiger partial charge is 0.415 e. The highest BCUT2D eigenvalue weighted by molar-refractivity contribution is 6.22. The van der Waals surface area contributed by atoms with Crippen molar-refractivity contribution >= 4 is 57.3 Å². The van der Waals surface area contributed by atoms with Gasteiger partial charge in [0.1, 0.15) is 35.7 Å². The fourth-order valence-electron chi connectivity index (χ4n) is 11.2. The first-order chi connectivity index (χ1) is 34.6. The number of methoxy groups -OCH3 is 1. The van der Waals surface area contributed by atoms with Gasteiger partial charge in [0.05, 0.1) is 40.3 Å². The zero-order chi connectivity index (χ0) is 50.7. The molecule has 374 valence electrons. The molecule has 4 aliphatic rings. The minimum absolute atomic E-state index is 0.0628. The van der Waals surface area contributed by atoms with Crippen LogP contribution in [0.15, 0.2) is 71.7 Å². The van der Waals surface area contributed by atoms with E-state index in [1.165, 1.54) is 19.2 Å². The second kappa shape index (κ2) is 19.1. The van der Waals surface area contributed by atoms with Crippen LogP contribution in [0.1, 0.15) is 105 Å². The van der Waals surface area contributed by atoms with Crippen LogP contribution in [0, 0.1) is 11.3 Å². The Morgan fingerprint density at radius 2 is 1.75 bits per heavy atom. The number of carbonyl (C=O) groups is 4. The van der Waals surface area contributed by atoms with Crippen LogP contribution in [-0.2, 0) is 45.2 Å². The minimum atomic E-state index is -0.997. The van der Waals surface area contributed by atoms with Gasteiger partial charge in [-0.15, -0.1) is 0 Å². The number of aromatic hydroxyl groups is 2. The summed E-state index contributed by atoms with van der Waals surface area (Å²) in [6.07, 6.45) is 5.70. The number of nitrogens with two attached hydrogens (primary N) is 1. The highest BCUT2D eigenvalue weighted by atomic mass is 16.6. The number of phenolic OH excluding ortho intramolecular Hbond substituents is 2. The maximum absolute atomic E-state index is 14.2. The van der Waals surface area contributed by atoms with E-state index in [2.05, 4.69) is 4.57 Å². The van der Waals surface area contributed by atoms with Crippen LogP contribution in [-0.4, -0.2) is 96.8 Å². The number of amidine groups is 1. The number of piperidine rings is 2. The van der Waals surface area contributed by atoms with Crippen LogP contribution in [0.3, 0.4) is 0 Å². The number of rotatable bonds is 10. The topological polar surface area (TPSA) is 236 Å². The number of hydrogen-bond donors (Lipinski definition) is 4. The quantitative estimate of drug-likeness (QED) is 0.0586. The fourth-order valence-corrected chi connectivity index (χ4v) is 11.2. The molecule has 2 saturated heterocycles. The number of phenols is 2. The minimum Gasteiger partial charge on any atom is -0.508 e. The standard InChI is InChI=1S/C54H58N8O10/c1-5-34-36-23-33(10-11-41(36)57-47-39(34)27-61-44(47)25-37-40(50(61)65)28-71-52(67)48(37)70-4)72-54(69)60-17-7-6-8-43(60)51(66)59-19-14-30(15-20-59)13-18-58-21-16-31-22-32(9-12-42(31)58)62(53(56)68)49(55)38-24-35(29(2)3)45(63)26-46(38)64/h9-12,16,21-26,29-30,43,48,55,63-64H,5-8,13-15,17-20,27-28H2,1-4H3,(H2,56,68). The molecular weight excluding hydrogens is 921 g/mol. The van der Waals surface area contributed by atoms with Gasteiger partial charge in [-0.3, -0.25) is 19.9 Å².